The van der Waals surface area contributed by atoms with E-state index in [1.807, 2.05) is 44.2 Å². The van der Waals surface area contributed by atoms with Crippen LogP contribution in [0.15, 0.2) is 82.2 Å². The summed E-state index contributed by atoms with van der Waals surface area (Å²) in [4.78, 5) is 28.1. The zero-order chi connectivity index (χ0) is 27.2. The molecule has 37 heavy (non-hydrogen) atoms. The van der Waals surface area contributed by atoms with Crippen LogP contribution in [0.3, 0.4) is 0 Å². The molecule has 1 N–H and O–H groups in total. The number of halogens is 1. The van der Waals surface area contributed by atoms with Crippen molar-refractivity contribution in [1.29, 1.82) is 0 Å². The van der Waals surface area contributed by atoms with Crippen LogP contribution in [0.1, 0.15) is 30.5 Å². The van der Waals surface area contributed by atoms with Gasteiger partial charge >= 0.3 is 0 Å². The van der Waals surface area contributed by atoms with Crippen LogP contribution in [-0.4, -0.2) is 44.3 Å². The van der Waals surface area contributed by atoms with E-state index < -0.39 is 28.5 Å². The molecule has 0 aliphatic carbocycles. The van der Waals surface area contributed by atoms with E-state index in [1.165, 1.54) is 17.0 Å². The highest BCUT2D eigenvalue weighted by Crippen LogP contribution is 2.26. The first-order valence-electron chi connectivity index (χ1n) is 12.0. The van der Waals surface area contributed by atoms with E-state index in [4.69, 9.17) is 0 Å². The zero-order valence-electron chi connectivity index (χ0n) is 21.4. The quantitative estimate of drug-likeness (QED) is 0.370. The second-order valence-electron chi connectivity index (χ2n) is 8.81. The first-order valence-corrected chi connectivity index (χ1v) is 14.2. The number of benzene rings is 3. The van der Waals surface area contributed by atoms with Crippen LogP contribution >= 0.6 is 15.9 Å². The minimum Gasteiger partial charge on any atom is -0.355 e. The van der Waals surface area contributed by atoms with Gasteiger partial charge in [-0.2, -0.15) is 0 Å². The van der Waals surface area contributed by atoms with Gasteiger partial charge in [0.25, 0.3) is 10.0 Å². The topological polar surface area (TPSA) is 86.8 Å². The van der Waals surface area contributed by atoms with Crippen molar-refractivity contribution in [1.82, 2.24) is 10.2 Å². The normalized spacial score (nSPS) is 12.0. The summed E-state index contributed by atoms with van der Waals surface area (Å²) in [5.41, 5.74) is 3.11. The zero-order valence-corrected chi connectivity index (χ0v) is 23.8. The number of aryl methyl sites for hydroxylation is 2. The predicted molar refractivity (Wildman–Crippen MR) is 150 cm³/mol. The average molecular weight is 587 g/mol. The van der Waals surface area contributed by atoms with Gasteiger partial charge in [0, 0.05) is 17.6 Å². The Labute approximate surface area is 227 Å². The molecule has 0 radical (unpaired) electrons. The van der Waals surface area contributed by atoms with Gasteiger partial charge in [-0.05, 0) is 80.8 Å². The Morgan fingerprint density at radius 2 is 1.59 bits per heavy atom. The Morgan fingerprint density at radius 3 is 2.19 bits per heavy atom. The lowest BCUT2D eigenvalue weighted by molar-refractivity contribution is -0.139. The van der Waals surface area contributed by atoms with E-state index in [2.05, 4.69) is 21.2 Å². The van der Waals surface area contributed by atoms with E-state index in [0.717, 1.165) is 25.5 Å². The summed E-state index contributed by atoms with van der Waals surface area (Å²) in [5, 5.41) is 2.76. The minimum atomic E-state index is -4.07. The monoisotopic (exact) mass is 585 g/mol. The highest BCUT2D eigenvalue weighted by molar-refractivity contribution is 9.10. The Hall–Kier alpha value is -3.17. The van der Waals surface area contributed by atoms with Crippen molar-refractivity contribution in [3.05, 3.63) is 94.0 Å². The van der Waals surface area contributed by atoms with Gasteiger partial charge in [-0.25, -0.2) is 8.42 Å². The second kappa shape index (κ2) is 12.4. The van der Waals surface area contributed by atoms with Gasteiger partial charge in [0.15, 0.2) is 0 Å². The van der Waals surface area contributed by atoms with Crippen molar-refractivity contribution in [2.24, 2.45) is 0 Å². The number of hydrogen-bond acceptors (Lipinski definition) is 4. The van der Waals surface area contributed by atoms with Crippen molar-refractivity contribution in [2.45, 2.75) is 45.2 Å². The lowest BCUT2D eigenvalue weighted by Crippen LogP contribution is -2.51. The van der Waals surface area contributed by atoms with Crippen LogP contribution in [-0.2, 0) is 26.2 Å². The number of carbonyl (C=O) groups excluding carboxylic acids is 2. The summed E-state index contributed by atoms with van der Waals surface area (Å²) in [6, 6.07) is 19.9. The maximum absolute atomic E-state index is 13.8. The fraction of sp³-hybridized carbons (Fsp3) is 0.286. The van der Waals surface area contributed by atoms with Gasteiger partial charge in [0.1, 0.15) is 12.6 Å². The minimum absolute atomic E-state index is 0.0808. The standard InChI is InChI=1S/C28H32BrN3O4S/c1-5-30-28(34)22(4)31(18-23-12-14-24(29)15-13-23)27(33)19-32(25-16-11-20(2)21(3)17-25)37(35,36)26-9-7-6-8-10-26/h6-17,22H,5,18-19H2,1-4H3,(H,30,34). The Kier molecular flexibility index (Phi) is 9.50. The van der Waals surface area contributed by atoms with Crippen LogP contribution in [0.25, 0.3) is 0 Å². The number of hydrogen-bond donors (Lipinski definition) is 1. The van der Waals surface area contributed by atoms with E-state index in [9.17, 15) is 18.0 Å². The summed E-state index contributed by atoms with van der Waals surface area (Å²) >= 11 is 3.41. The number of carbonyl (C=O) groups is 2. The molecule has 3 aromatic rings. The maximum atomic E-state index is 13.8. The molecule has 0 aliphatic heterocycles. The molecule has 0 saturated heterocycles. The van der Waals surface area contributed by atoms with E-state index in [1.54, 1.807) is 44.2 Å². The number of likely N-dealkylation sites (N-methyl/N-ethyl adjacent to an activating group) is 1. The van der Waals surface area contributed by atoms with Crippen LogP contribution in [0.2, 0.25) is 0 Å². The number of anilines is 1. The van der Waals surface area contributed by atoms with Gasteiger partial charge in [-0.1, -0.05) is 52.3 Å². The third-order valence-electron chi connectivity index (χ3n) is 6.17. The first-order chi connectivity index (χ1) is 17.5. The summed E-state index contributed by atoms with van der Waals surface area (Å²) in [5.74, 6) is -0.795. The van der Waals surface area contributed by atoms with Crippen LogP contribution in [0.5, 0.6) is 0 Å². The lowest BCUT2D eigenvalue weighted by Gasteiger charge is -2.32. The molecular weight excluding hydrogens is 554 g/mol. The average Bonchev–Trinajstić information content (AvgIpc) is 2.88. The third-order valence-corrected chi connectivity index (χ3v) is 8.49. The highest BCUT2D eigenvalue weighted by Gasteiger charge is 2.32. The van der Waals surface area contributed by atoms with E-state index in [-0.39, 0.29) is 17.3 Å². The lowest BCUT2D eigenvalue weighted by atomic mass is 10.1. The van der Waals surface area contributed by atoms with Gasteiger partial charge < -0.3 is 10.2 Å². The largest absolute Gasteiger partial charge is 0.355 e. The Morgan fingerprint density at radius 1 is 0.946 bits per heavy atom. The molecule has 3 aromatic carbocycles. The van der Waals surface area contributed by atoms with Gasteiger partial charge in [0.05, 0.1) is 10.6 Å². The Bertz CT molecular complexity index is 1350. The molecule has 1 atom stereocenters. The second-order valence-corrected chi connectivity index (χ2v) is 11.6. The van der Waals surface area contributed by atoms with Crippen molar-refractivity contribution >= 4 is 43.5 Å². The van der Waals surface area contributed by atoms with Crippen molar-refractivity contribution in [3.8, 4) is 0 Å². The van der Waals surface area contributed by atoms with E-state index in [0.29, 0.717) is 12.2 Å². The number of nitrogens with zero attached hydrogens (tertiary/aromatic N) is 2. The number of amides is 2. The van der Waals surface area contributed by atoms with Crippen molar-refractivity contribution < 1.29 is 18.0 Å². The number of rotatable bonds is 10. The summed E-state index contributed by atoms with van der Waals surface area (Å²) < 4.78 is 29.5. The molecule has 0 heterocycles. The molecule has 0 saturated carbocycles. The third kappa shape index (κ3) is 6.99. The SMILES string of the molecule is CCNC(=O)C(C)N(Cc1ccc(Br)cc1)C(=O)CN(c1ccc(C)c(C)c1)S(=O)(=O)c1ccccc1. The van der Waals surface area contributed by atoms with Gasteiger partial charge in [-0.15, -0.1) is 0 Å². The van der Waals surface area contributed by atoms with Gasteiger partial charge in [-0.3, -0.25) is 13.9 Å². The molecule has 0 bridgehead atoms. The molecule has 9 heteroatoms. The van der Waals surface area contributed by atoms with E-state index >= 15 is 0 Å². The van der Waals surface area contributed by atoms with Crippen molar-refractivity contribution in [2.75, 3.05) is 17.4 Å². The Balaban J connectivity index is 2.03. The molecule has 3 rings (SSSR count). The maximum Gasteiger partial charge on any atom is 0.264 e. The predicted octanol–water partition coefficient (Wildman–Crippen LogP) is 4.81. The fourth-order valence-electron chi connectivity index (χ4n) is 3.82. The highest BCUT2D eigenvalue weighted by atomic mass is 79.9. The van der Waals surface area contributed by atoms with Crippen molar-refractivity contribution in [3.63, 3.8) is 0 Å². The smallest absolute Gasteiger partial charge is 0.264 e. The van der Waals surface area contributed by atoms with Crippen LogP contribution in [0, 0.1) is 13.8 Å². The molecular formula is C28H32BrN3O4S. The fourth-order valence-corrected chi connectivity index (χ4v) is 5.51. The number of sulfonamides is 1. The molecule has 0 spiro atoms. The van der Waals surface area contributed by atoms with Gasteiger partial charge in [0.2, 0.25) is 11.8 Å². The molecule has 196 valence electrons. The molecule has 7 nitrogen and oxygen atoms in total. The first kappa shape index (κ1) is 28.4. The molecule has 0 aliphatic rings. The molecule has 2 amide bonds. The van der Waals surface area contributed by atoms with Crippen LogP contribution in [0.4, 0.5) is 5.69 Å². The number of nitrogens with one attached hydrogen (secondary N) is 1. The molecule has 0 aromatic heterocycles. The summed E-state index contributed by atoms with van der Waals surface area (Å²) in [6.45, 7) is 7.39. The summed E-state index contributed by atoms with van der Waals surface area (Å²) in [7, 11) is -4.07. The summed E-state index contributed by atoms with van der Waals surface area (Å²) in [6.07, 6.45) is 0. The molecule has 1 unspecified atom stereocenters. The van der Waals surface area contributed by atoms with Crippen LogP contribution < -0.4 is 9.62 Å². The molecule has 0 fully saturated rings.